The van der Waals surface area contributed by atoms with Gasteiger partial charge in [-0.25, -0.2) is 0 Å². The molecule has 0 fully saturated rings. The molecule has 0 aliphatic carbocycles. The molecule has 12 heavy (non-hydrogen) atoms. The third kappa shape index (κ3) is 7.80. The van der Waals surface area contributed by atoms with E-state index >= 15 is 0 Å². The van der Waals surface area contributed by atoms with Crippen LogP contribution in [0, 0.1) is 5.92 Å². The zero-order valence-electron chi connectivity index (χ0n) is 9.70. The monoisotopic (exact) mass is 194 g/mol. The van der Waals surface area contributed by atoms with Crippen LogP contribution in [0.2, 0.25) is 0 Å². The third-order valence-corrected chi connectivity index (χ3v) is 1.17. The van der Waals surface area contributed by atoms with Gasteiger partial charge in [-0.15, -0.1) is 0 Å². The van der Waals surface area contributed by atoms with E-state index in [1.165, 1.54) is 0 Å². The zero-order chi connectivity index (χ0) is 8.15. The van der Waals surface area contributed by atoms with E-state index in [2.05, 4.69) is 0 Å². The molecule has 0 spiro atoms. The molecule has 2 N–H and O–H groups in total. The largest absolute Gasteiger partial charge is 1.00 e. The summed E-state index contributed by atoms with van der Waals surface area (Å²) in [7, 11) is 0. The summed E-state index contributed by atoms with van der Waals surface area (Å²) in [6.07, 6.45) is 0.772. The predicted molar refractivity (Wildman–Crippen MR) is 35.9 cm³/mol. The van der Waals surface area contributed by atoms with Gasteiger partial charge in [-0.2, -0.15) is 0 Å². The quantitative estimate of drug-likeness (QED) is 0.346. The van der Waals surface area contributed by atoms with E-state index in [4.69, 9.17) is 10.2 Å². The molecular formula is C6H12KLiO4. The first-order valence-corrected chi connectivity index (χ1v) is 3.05. The molecule has 0 rings (SSSR count). The fraction of sp³-hybridized carbons (Fsp3) is 0.667. The second-order valence-corrected chi connectivity index (χ2v) is 2.02. The van der Waals surface area contributed by atoms with E-state index < -0.39 is 17.9 Å². The summed E-state index contributed by atoms with van der Waals surface area (Å²) in [6.45, 7) is 1.75. The molecular weight excluding hydrogens is 182 g/mol. The molecule has 0 aromatic heterocycles. The van der Waals surface area contributed by atoms with Gasteiger partial charge in [-0.05, 0) is 6.42 Å². The van der Waals surface area contributed by atoms with E-state index in [0.29, 0.717) is 6.42 Å². The Labute approximate surface area is 129 Å². The summed E-state index contributed by atoms with van der Waals surface area (Å²) in [4.78, 5) is 20.3. The van der Waals surface area contributed by atoms with Crippen LogP contribution in [0.1, 0.15) is 22.6 Å². The maximum Gasteiger partial charge on any atom is 1.00 e. The second kappa shape index (κ2) is 10.3. The number of aliphatic carboxylic acids is 2. The number of carboxylic acids is 2. The molecule has 0 radical (unpaired) electrons. The third-order valence-electron chi connectivity index (χ3n) is 1.17. The van der Waals surface area contributed by atoms with Crippen LogP contribution in [0.4, 0.5) is 0 Å². The van der Waals surface area contributed by atoms with Crippen molar-refractivity contribution in [2.24, 2.45) is 5.92 Å². The van der Waals surface area contributed by atoms with Gasteiger partial charge in [0.1, 0.15) is 0 Å². The van der Waals surface area contributed by atoms with Crippen molar-refractivity contribution in [2.75, 3.05) is 0 Å². The SMILES string of the molecule is CCCC(C(=O)O)C(=O)O.[H-].[H-].[K+].[Li+]. The summed E-state index contributed by atoms with van der Waals surface area (Å²) < 4.78 is 0. The van der Waals surface area contributed by atoms with Gasteiger partial charge in [0.2, 0.25) is 0 Å². The van der Waals surface area contributed by atoms with Crippen molar-refractivity contribution < 1.29 is 92.9 Å². The smallest absolute Gasteiger partial charge is 1.00 e. The number of hydrogen-bond donors (Lipinski definition) is 2. The Kier molecular flexibility index (Phi) is 16.1. The Morgan fingerprint density at radius 3 is 1.75 bits per heavy atom. The number of carboxylic acid groups (broad SMARTS) is 2. The molecule has 0 unspecified atom stereocenters. The molecule has 0 saturated heterocycles. The first kappa shape index (κ1) is 18.9. The average molecular weight is 194 g/mol. The Morgan fingerprint density at radius 2 is 1.67 bits per heavy atom. The van der Waals surface area contributed by atoms with Crippen molar-refractivity contribution >= 4 is 11.9 Å². The Morgan fingerprint density at radius 1 is 1.33 bits per heavy atom. The molecule has 0 aliphatic heterocycles. The fourth-order valence-corrected chi connectivity index (χ4v) is 0.641. The molecule has 0 aliphatic rings. The van der Waals surface area contributed by atoms with Crippen LogP contribution in [0.25, 0.3) is 0 Å². The molecule has 62 valence electrons. The molecule has 0 heterocycles. The number of rotatable bonds is 4. The van der Waals surface area contributed by atoms with Gasteiger partial charge in [-0.3, -0.25) is 9.59 Å². The number of carbonyl (C=O) groups is 2. The van der Waals surface area contributed by atoms with Gasteiger partial charge in [0.15, 0.2) is 5.92 Å². The van der Waals surface area contributed by atoms with Crippen molar-refractivity contribution in [1.29, 1.82) is 0 Å². The molecule has 0 amide bonds. The Hall–Kier alpha value is 1.17. The normalized spacial score (nSPS) is 8.17. The minimum absolute atomic E-state index is 0. The zero-order valence-corrected chi connectivity index (χ0v) is 10.8. The topological polar surface area (TPSA) is 74.6 Å². The van der Waals surface area contributed by atoms with Gasteiger partial charge in [0.05, 0.1) is 0 Å². The number of hydrogen-bond acceptors (Lipinski definition) is 2. The first-order valence-electron chi connectivity index (χ1n) is 3.05. The van der Waals surface area contributed by atoms with E-state index in [0.717, 1.165) is 0 Å². The fourth-order valence-electron chi connectivity index (χ4n) is 0.641. The predicted octanol–water partition coefficient (Wildman–Crippen LogP) is -5.20. The van der Waals surface area contributed by atoms with E-state index in [9.17, 15) is 9.59 Å². The van der Waals surface area contributed by atoms with Crippen molar-refractivity contribution in [3.8, 4) is 0 Å². The minimum Gasteiger partial charge on any atom is -1.00 e. The van der Waals surface area contributed by atoms with Crippen molar-refractivity contribution in [2.45, 2.75) is 19.8 Å². The Balaban J connectivity index is -0.0000000675. The second-order valence-electron chi connectivity index (χ2n) is 2.02. The molecule has 0 saturated carbocycles. The van der Waals surface area contributed by atoms with Crippen molar-refractivity contribution in [3.05, 3.63) is 0 Å². The minimum atomic E-state index is -1.26. The van der Waals surface area contributed by atoms with Crippen LogP contribution in [0.5, 0.6) is 0 Å². The summed E-state index contributed by atoms with van der Waals surface area (Å²) in [5.41, 5.74) is 0. The van der Waals surface area contributed by atoms with Gasteiger partial charge >= 0.3 is 82.2 Å². The van der Waals surface area contributed by atoms with Crippen molar-refractivity contribution in [3.63, 3.8) is 0 Å². The standard InChI is InChI=1S/C6H10O4.K.Li.2H/c1-2-3-4(5(7)8)6(9)10;;;;/h4H,2-3H2,1H3,(H,7,8)(H,9,10);;;;/q;2*+1;2*-1. The average Bonchev–Trinajstić information content (AvgIpc) is 1.81. The molecule has 0 atom stereocenters. The summed E-state index contributed by atoms with van der Waals surface area (Å²) >= 11 is 0. The van der Waals surface area contributed by atoms with Gasteiger partial charge in [0.25, 0.3) is 0 Å². The summed E-state index contributed by atoms with van der Waals surface area (Å²) in [5.74, 6) is -3.74. The molecule has 6 heteroatoms. The van der Waals surface area contributed by atoms with Gasteiger partial charge < -0.3 is 13.1 Å². The molecule has 0 bridgehead atoms. The van der Waals surface area contributed by atoms with Crippen molar-refractivity contribution in [1.82, 2.24) is 0 Å². The summed E-state index contributed by atoms with van der Waals surface area (Å²) in [5, 5.41) is 16.6. The van der Waals surface area contributed by atoms with Crippen LogP contribution in [-0.2, 0) is 9.59 Å². The first-order chi connectivity index (χ1) is 4.59. The van der Waals surface area contributed by atoms with Gasteiger partial charge in [0, 0.05) is 0 Å². The van der Waals surface area contributed by atoms with E-state index in [-0.39, 0.29) is 79.5 Å². The maximum atomic E-state index is 10.2. The van der Waals surface area contributed by atoms with Crippen LogP contribution >= 0.6 is 0 Å². The van der Waals surface area contributed by atoms with Gasteiger partial charge in [-0.1, -0.05) is 13.3 Å². The van der Waals surface area contributed by atoms with E-state index in [1.807, 2.05) is 0 Å². The Bertz CT molecular complexity index is 145. The molecule has 0 aromatic carbocycles. The maximum absolute atomic E-state index is 10.2. The molecule has 4 nitrogen and oxygen atoms in total. The van der Waals surface area contributed by atoms with Crippen LogP contribution in [-0.4, -0.2) is 22.2 Å². The molecule has 0 aromatic rings. The van der Waals surface area contributed by atoms with Crippen LogP contribution in [0.3, 0.4) is 0 Å². The van der Waals surface area contributed by atoms with Crippen LogP contribution in [0.15, 0.2) is 0 Å². The summed E-state index contributed by atoms with van der Waals surface area (Å²) in [6, 6.07) is 0. The van der Waals surface area contributed by atoms with E-state index in [1.54, 1.807) is 6.92 Å². The van der Waals surface area contributed by atoms with Crippen LogP contribution < -0.4 is 70.2 Å².